The molecule has 4 rings (SSSR count). The van der Waals surface area contributed by atoms with Crippen molar-refractivity contribution in [2.75, 3.05) is 35.2 Å². The molecule has 0 aromatic heterocycles. The van der Waals surface area contributed by atoms with Crippen LogP contribution in [0.25, 0.3) is 11.1 Å². The van der Waals surface area contributed by atoms with Crippen LogP contribution in [0, 0.1) is 12.8 Å². The van der Waals surface area contributed by atoms with Crippen molar-refractivity contribution in [1.82, 2.24) is 4.90 Å². The summed E-state index contributed by atoms with van der Waals surface area (Å²) < 4.78 is 23.3. The summed E-state index contributed by atoms with van der Waals surface area (Å²) >= 11 is 0. The molecule has 0 radical (unpaired) electrons. The average molecular weight is 548 g/mol. The predicted octanol–water partition coefficient (Wildman–Crippen LogP) is 5.52. The van der Waals surface area contributed by atoms with Gasteiger partial charge in [-0.05, 0) is 78.4 Å². The average Bonchev–Trinajstić information content (AvgIpc) is 2.93. The van der Waals surface area contributed by atoms with Crippen LogP contribution in [0.5, 0.6) is 0 Å². The Kier molecular flexibility index (Phi) is 9.20. The molecule has 1 aliphatic heterocycles. The molecule has 206 valence electrons. The number of rotatable bonds is 9. The van der Waals surface area contributed by atoms with Gasteiger partial charge >= 0.3 is 0 Å². The molecule has 0 spiro atoms. The van der Waals surface area contributed by atoms with Crippen molar-refractivity contribution in [3.63, 3.8) is 0 Å². The highest BCUT2D eigenvalue weighted by Gasteiger charge is 2.21. The van der Waals surface area contributed by atoms with Gasteiger partial charge in [-0.15, -0.1) is 0 Å². The van der Waals surface area contributed by atoms with Crippen molar-refractivity contribution in [3.05, 3.63) is 83.4 Å². The van der Waals surface area contributed by atoms with E-state index in [-0.39, 0.29) is 29.2 Å². The molecule has 0 saturated carbocycles. The van der Waals surface area contributed by atoms with Gasteiger partial charge in [0.1, 0.15) is 0 Å². The number of nitrogens with one attached hydrogen (secondary N) is 2. The van der Waals surface area contributed by atoms with Crippen LogP contribution in [0.2, 0.25) is 0 Å². The maximum absolute atomic E-state index is 12.9. The van der Waals surface area contributed by atoms with Crippen molar-refractivity contribution >= 4 is 33.0 Å². The van der Waals surface area contributed by atoms with Crippen LogP contribution in [0.15, 0.2) is 66.7 Å². The molecule has 0 aliphatic carbocycles. The third-order valence-corrected chi connectivity index (χ3v) is 8.98. The summed E-state index contributed by atoms with van der Waals surface area (Å²) in [6, 6.07) is 21.0. The molecule has 1 saturated heterocycles. The number of hydrogen-bond acceptors (Lipinski definition) is 5. The van der Waals surface area contributed by atoms with E-state index < -0.39 is 9.84 Å². The summed E-state index contributed by atoms with van der Waals surface area (Å²) in [6.45, 7) is 7.86. The smallest absolute Gasteiger partial charge is 0.255 e. The zero-order valence-corrected chi connectivity index (χ0v) is 23.7. The molecule has 0 atom stereocenters. The summed E-state index contributed by atoms with van der Waals surface area (Å²) in [5, 5.41) is 5.98. The van der Waals surface area contributed by atoms with E-state index in [2.05, 4.69) is 15.5 Å². The molecule has 1 aliphatic rings. The Labute approximate surface area is 231 Å². The molecule has 39 heavy (non-hydrogen) atoms. The van der Waals surface area contributed by atoms with Crippen molar-refractivity contribution in [1.29, 1.82) is 0 Å². The normalized spacial score (nSPS) is 15.2. The Morgan fingerprint density at radius 1 is 0.846 bits per heavy atom. The van der Waals surface area contributed by atoms with Gasteiger partial charge in [-0.25, -0.2) is 8.42 Å². The van der Waals surface area contributed by atoms with Gasteiger partial charge in [0.25, 0.3) is 5.91 Å². The fourth-order valence-electron chi connectivity index (χ4n) is 4.78. The van der Waals surface area contributed by atoms with E-state index in [1.807, 2.05) is 75.4 Å². The van der Waals surface area contributed by atoms with Crippen LogP contribution in [0.1, 0.15) is 48.2 Å². The highest BCUT2D eigenvalue weighted by Crippen LogP contribution is 2.28. The fraction of sp³-hybridized carbons (Fsp3) is 0.355. The van der Waals surface area contributed by atoms with Crippen LogP contribution in [0.3, 0.4) is 0 Å². The lowest BCUT2D eigenvalue weighted by atomic mass is 9.98. The second-order valence-corrected chi connectivity index (χ2v) is 12.5. The number of sulfone groups is 1. The van der Waals surface area contributed by atoms with E-state index in [4.69, 9.17) is 0 Å². The molecule has 2 N–H and O–H groups in total. The van der Waals surface area contributed by atoms with E-state index in [1.165, 1.54) is 0 Å². The summed E-state index contributed by atoms with van der Waals surface area (Å²) in [5.74, 6) is 0.259. The molecule has 3 aromatic carbocycles. The van der Waals surface area contributed by atoms with Gasteiger partial charge in [0.2, 0.25) is 5.91 Å². The maximum Gasteiger partial charge on any atom is 0.255 e. The van der Waals surface area contributed by atoms with Crippen molar-refractivity contribution in [2.45, 2.75) is 40.2 Å². The zero-order chi connectivity index (χ0) is 28.0. The first-order valence-corrected chi connectivity index (χ1v) is 15.3. The minimum atomic E-state index is -2.89. The second kappa shape index (κ2) is 12.6. The molecule has 1 fully saturated rings. The minimum Gasteiger partial charge on any atom is -0.326 e. The van der Waals surface area contributed by atoms with Crippen LogP contribution < -0.4 is 10.6 Å². The predicted molar refractivity (Wildman–Crippen MR) is 158 cm³/mol. The van der Waals surface area contributed by atoms with Gasteiger partial charge in [0.05, 0.1) is 11.5 Å². The Morgan fingerprint density at radius 2 is 1.46 bits per heavy atom. The summed E-state index contributed by atoms with van der Waals surface area (Å²) in [5.41, 5.74) is 6.15. The number of carbonyl (C=O) groups excluding carboxylic acids is 2. The lowest BCUT2D eigenvalue weighted by Crippen LogP contribution is -2.39. The topological polar surface area (TPSA) is 95.6 Å². The van der Waals surface area contributed by atoms with Gasteiger partial charge in [-0.2, -0.15) is 0 Å². The first-order chi connectivity index (χ1) is 18.7. The monoisotopic (exact) mass is 547 g/mol. The van der Waals surface area contributed by atoms with E-state index >= 15 is 0 Å². The molecule has 0 unspecified atom stereocenters. The van der Waals surface area contributed by atoms with Gasteiger partial charge in [-0.3, -0.25) is 14.5 Å². The quantitative estimate of drug-likeness (QED) is 0.368. The third kappa shape index (κ3) is 7.55. The van der Waals surface area contributed by atoms with Crippen molar-refractivity contribution in [3.8, 4) is 11.1 Å². The van der Waals surface area contributed by atoms with Gasteiger partial charge in [0, 0.05) is 42.5 Å². The first kappa shape index (κ1) is 28.5. The van der Waals surface area contributed by atoms with E-state index in [9.17, 15) is 18.0 Å². The number of anilines is 2. The molecular weight excluding hydrogens is 510 g/mol. The number of aryl methyl sites for hydroxylation is 1. The number of hydrogen-bond donors (Lipinski definition) is 2. The van der Waals surface area contributed by atoms with Gasteiger partial charge < -0.3 is 10.6 Å². The Hall–Kier alpha value is -3.49. The van der Waals surface area contributed by atoms with Crippen molar-refractivity contribution < 1.29 is 18.0 Å². The SMILES string of the molecule is CCC(CC)C(=O)Nc1ccc(C)c(-c2ccc(C(=O)Nc3ccc(CN4CCS(=O)(=O)CC4)cc3)cc2)c1. The number of carbonyl (C=O) groups is 2. The number of benzene rings is 3. The van der Waals surface area contributed by atoms with Gasteiger partial charge in [0.15, 0.2) is 9.84 Å². The standard InChI is InChI=1S/C31H37N3O4S/c1-4-24(5-2)30(35)33-28-13-6-22(3)29(20-28)25-9-11-26(12-10-25)31(36)32-27-14-7-23(8-15-27)21-34-16-18-39(37,38)19-17-34/h6-15,20,24H,4-5,16-19,21H2,1-3H3,(H,32,36)(H,33,35). The molecule has 2 amide bonds. The summed E-state index contributed by atoms with van der Waals surface area (Å²) in [6.07, 6.45) is 1.61. The highest BCUT2D eigenvalue weighted by atomic mass is 32.2. The van der Waals surface area contributed by atoms with Gasteiger partial charge in [-0.1, -0.05) is 44.2 Å². The third-order valence-electron chi connectivity index (χ3n) is 7.37. The van der Waals surface area contributed by atoms with E-state index in [0.29, 0.717) is 30.9 Å². The highest BCUT2D eigenvalue weighted by molar-refractivity contribution is 7.91. The first-order valence-electron chi connectivity index (χ1n) is 13.5. The molecular formula is C31H37N3O4S. The molecule has 1 heterocycles. The van der Waals surface area contributed by atoms with Crippen molar-refractivity contribution in [2.24, 2.45) is 5.92 Å². The second-order valence-electron chi connectivity index (χ2n) is 10.2. The van der Waals surface area contributed by atoms with Crippen LogP contribution in [-0.4, -0.2) is 49.7 Å². The van der Waals surface area contributed by atoms with Crippen LogP contribution in [0.4, 0.5) is 11.4 Å². The largest absolute Gasteiger partial charge is 0.326 e. The molecule has 0 bridgehead atoms. The van der Waals surface area contributed by atoms with E-state index in [0.717, 1.165) is 40.8 Å². The summed E-state index contributed by atoms with van der Waals surface area (Å²) in [7, 11) is -2.89. The zero-order valence-electron chi connectivity index (χ0n) is 22.9. The maximum atomic E-state index is 12.9. The molecule has 7 nitrogen and oxygen atoms in total. The van der Waals surface area contributed by atoms with E-state index in [1.54, 1.807) is 12.1 Å². The number of amides is 2. The van der Waals surface area contributed by atoms with Crippen LogP contribution in [-0.2, 0) is 21.2 Å². The lowest BCUT2D eigenvalue weighted by molar-refractivity contribution is -0.120. The number of nitrogens with zero attached hydrogens (tertiary/aromatic N) is 1. The Balaban J connectivity index is 1.37. The molecule has 8 heteroatoms. The Bertz CT molecular complexity index is 1400. The lowest BCUT2D eigenvalue weighted by Gasteiger charge is -2.26. The fourth-order valence-corrected chi connectivity index (χ4v) is 6.06. The Morgan fingerprint density at radius 3 is 2.08 bits per heavy atom. The minimum absolute atomic E-state index is 0.000409. The van der Waals surface area contributed by atoms with Crippen LogP contribution >= 0.6 is 0 Å². The summed E-state index contributed by atoms with van der Waals surface area (Å²) in [4.78, 5) is 27.5. The molecule has 3 aromatic rings.